The van der Waals surface area contributed by atoms with Crippen LogP contribution in [-0.4, -0.2) is 36.0 Å². The predicted molar refractivity (Wildman–Crippen MR) is 74.8 cm³/mol. The molecular formula is C12H9N5O3S. The number of hydrogen-bond acceptors (Lipinski definition) is 6. The fourth-order valence-corrected chi connectivity index (χ4v) is 2.67. The number of carbonyl (C=O) groups excluding carboxylic acids is 1. The number of aryl methyl sites for hydroxylation is 1. The summed E-state index contributed by atoms with van der Waals surface area (Å²) in [4.78, 5) is 27.4. The largest absolute Gasteiger partial charge is 0.478 e. The number of carbonyl (C=O) groups is 2. The molecule has 0 aliphatic rings. The Kier molecular flexibility index (Phi) is 3.10. The number of aromatic nitrogens is 4. The quantitative estimate of drug-likeness (QED) is 0.757. The molecule has 0 aliphatic heterocycles. The van der Waals surface area contributed by atoms with Gasteiger partial charge in [-0.25, -0.2) is 9.31 Å². The highest BCUT2D eigenvalue weighted by Gasteiger charge is 2.21. The third-order valence-corrected chi connectivity index (χ3v) is 3.73. The summed E-state index contributed by atoms with van der Waals surface area (Å²) in [5.74, 6) is -1.58. The van der Waals surface area contributed by atoms with Crippen molar-refractivity contribution >= 4 is 33.9 Å². The lowest BCUT2D eigenvalue weighted by Gasteiger charge is -2.02. The second-order valence-corrected chi connectivity index (χ2v) is 4.97. The average Bonchev–Trinajstić information content (AvgIpc) is 3.02. The molecule has 8 nitrogen and oxygen atoms in total. The van der Waals surface area contributed by atoms with Gasteiger partial charge in [0, 0.05) is 12.4 Å². The number of carboxylic acid groups (broad SMARTS) is 1. The highest BCUT2D eigenvalue weighted by molar-refractivity contribution is 7.11. The second kappa shape index (κ2) is 4.94. The predicted octanol–water partition coefficient (Wildman–Crippen LogP) is 1.44. The van der Waals surface area contributed by atoms with Crippen LogP contribution in [0.5, 0.6) is 0 Å². The highest BCUT2D eigenvalue weighted by Crippen LogP contribution is 2.25. The molecule has 9 heteroatoms. The highest BCUT2D eigenvalue weighted by atomic mass is 32.1. The Hall–Kier alpha value is -2.81. The fourth-order valence-electron chi connectivity index (χ4n) is 1.89. The van der Waals surface area contributed by atoms with E-state index in [1.54, 1.807) is 19.3 Å². The van der Waals surface area contributed by atoms with Crippen LogP contribution in [0.25, 0.3) is 5.52 Å². The zero-order chi connectivity index (χ0) is 15.0. The van der Waals surface area contributed by atoms with Crippen LogP contribution in [0.15, 0.2) is 24.8 Å². The van der Waals surface area contributed by atoms with Crippen LogP contribution in [0.3, 0.4) is 0 Å². The van der Waals surface area contributed by atoms with Crippen molar-refractivity contribution in [3.8, 4) is 0 Å². The Bertz CT molecular complexity index is 854. The lowest BCUT2D eigenvalue weighted by atomic mass is 10.2. The molecule has 0 atom stereocenters. The number of nitrogens with one attached hydrogen (secondary N) is 1. The summed E-state index contributed by atoms with van der Waals surface area (Å²) in [6.07, 6.45) is 6.08. The van der Waals surface area contributed by atoms with Gasteiger partial charge in [-0.05, 0) is 18.5 Å². The molecule has 21 heavy (non-hydrogen) atoms. The van der Waals surface area contributed by atoms with Gasteiger partial charge in [0.15, 0.2) is 0 Å². The molecule has 0 spiro atoms. The smallest absolute Gasteiger partial charge is 0.340 e. The molecule has 0 fully saturated rings. The summed E-state index contributed by atoms with van der Waals surface area (Å²) in [6, 6.07) is 0. The maximum absolute atomic E-state index is 12.3. The minimum Gasteiger partial charge on any atom is -0.478 e. The molecule has 0 unspecified atom stereocenters. The minimum absolute atomic E-state index is 0.00273. The molecular weight excluding hydrogens is 294 g/mol. The summed E-state index contributed by atoms with van der Waals surface area (Å²) < 4.78 is 5.46. The first-order valence-corrected chi connectivity index (χ1v) is 6.63. The zero-order valence-corrected chi connectivity index (χ0v) is 11.6. The molecule has 0 bridgehead atoms. The van der Waals surface area contributed by atoms with Crippen LogP contribution in [0.4, 0.5) is 5.00 Å². The van der Waals surface area contributed by atoms with Crippen molar-refractivity contribution in [3.63, 3.8) is 0 Å². The minimum atomic E-state index is -1.13. The van der Waals surface area contributed by atoms with E-state index >= 15 is 0 Å². The first-order valence-electron chi connectivity index (χ1n) is 5.86. The summed E-state index contributed by atoms with van der Waals surface area (Å²) in [5, 5.41) is 15.9. The molecule has 3 heterocycles. The van der Waals surface area contributed by atoms with E-state index in [-0.39, 0.29) is 10.6 Å². The normalized spacial score (nSPS) is 10.7. The van der Waals surface area contributed by atoms with Gasteiger partial charge >= 0.3 is 5.97 Å². The first kappa shape index (κ1) is 13.2. The average molecular weight is 303 g/mol. The van der Waals surface area contributed by atoms with Crippen LogP contribution in [0.2, 0.25) is 0 Å². The Morgan fingerprint density at radius 1 is 1.38 bits per heavy atom. The fraction of sp³-hybridized carbons (Fsp3) is 0.0833. The van der Waals surface area contributed by atoms with E-state index < -0.39 is 11.9 Å². The van der Waals surface area contributed by atoms with Crippen molar-refractivity contribution < 1.29 is 14.7 Å². The summed E-state index contributed by atoms with van der Waals surface area (Å²) >= 11 is 0.930. The van der Waals surface area contributed by atoms with Crippen molar-refractivity contribution in [3.05, 3.63) is 41.6 Å². The monoisotopic (exact) mass is 303 g/mol. The van der Waals surface area contributed by atoms with Gasteiger partial charge < -0.3 is 10.4 Å². The number of carboxylic acids is 1. The SMILES string of the molecule is Cc1nsc(NC(=O)c2cnn3ccncc23)c1C(=O)O. The lowest BCUT2D eigenvalue weighted by molar-refractivity contribution is 0.0697. The molecule has 0 radical (unpaired) electrons. The Labute approximate surface area is 122 Å². The number of hydrogen-bond donors (Lipinski definition) is 2. The van der Waals surface area contributed by atoms with E-state index in [2.05, 4.69) is 19.8 Å². The number of nitrogens with zero attached hydrogens (tertiary/aromatic N) is 4. The van der Waals surface area contributed by atoms with Gasteiger partial charge in [0.05, 0.1) is 29.2 Å². The molecule has 2 N–H and O–H groups in total. The maximum atomic E-state index is 12.3. The summed E-state index contributed by atoms with van der Waals surface area (Å²) in [7, 11) is 0. The van der Waals surface area contributed by atoms with Crippen LogP contribution < -0.4 is 5.32 Å². The van der Waals surface area contributed by atoms with Gasteiger partial charge in [0.25, 0.3) is 5.91 Å². The number of rotatable bonds is 3. The van der Waals surface area contributed by atoms with Gasteiger partial charge in [-0.2, -0.15) is 9.47 Å². The summed E-state index contributed by atoms with van der Waals surface area (Å²) in [6.45, 7) is 1.58. The van der Waals surface area contributed by atoms with Crippen molar-refractivity contribution in [1.82, 2.24) is 19.0 Å². The van der Waals surface area contributed by atoms with Crippen molar-refractivity contribution in [1.29, 1.82) is 0 Å². The van der Waals surface area contributed by atoms with Crippen LogP contribution in [0, 0.1) is 6.92 Å². The van der Waals surface area contributed by atoms with Gasteiger partial charge in [-0.3, -0.25) is 9.78 Å². The van der Waals surface area contributed by atoms with Crippen molar-refractivity contribution in [2.24, 2.45) is 0 Å². The van der Waals surface area contributed by atoms with Gasteiger partial charge in [-0.15, -0.1) is 0 Å². The van der Waals surface area contributed by atoms with E-state index in [1.165, 1.54) is 16.9 Å². The molecule has 0 saturated carbocycles. The van der Waals surface area contributed by atoms with Crippen LogP contribution in [0.1, 0.15) is 26.4 Å². The molecule has 0 saturated heterocycles. The van der Waals surface area contributed by atoms with E-state index in [0.29, 0.717) is 16.8 Å². The topological polar surface area (TPSA) is 109 Å². The van der Waals surface area contributed by atoms with Gasteiger partial charge in [0.1, 0.15) is 10.6 Å². The van der Waals surface area contributed by atoms with E-state index in [9.17, 15) is 9.59 Å². The van der Waals surface area contributed by atoms with E-state index in [1.807, 2.05) is 0 Å². The molecule has 3 aromatic rings. The summed E-state index contributed by atoms with van der Waals surface area (Å²) in [5.41, 5.74) is 1.21. The molecule has 1 amide bonds. The van der Waals surface area contributed by atoms with E-state index in [4.69, 9.17) is 5.11 Å². The van der Waals surface area contributed by atoms with Gasteiger partial charge in [-0.1, -0.05) is 0 Å². The molecule has 106 valence electrons. The maximum Gasteiger partial charge on any atom is 0.340 e. The lowest BCUT2D eigenvalue weighted by Crippen LogP contribution is -2.13. The van der Waals surface area contributed by atoms with Crippen molar-refractivity contribution in [2.45, 2.75) is 6.92 Å². The third kappa shape index (κ3) is 2.23. The first-order chi connectivity index (χ1) is 10.1. The van der Waals surface area contributed by atoms with Crippen molar-refractivity contribution in [2.75, 3.05) is 5.32 Å². The molecule has 3 aromatic heterocycles. The van der Waals surface area contributed by atoms with Crippen LogP contribution >= 0.6 is 11.5 Å². The number of anilines is 1. The number of amides is 1. The van der Waals surface area contributed by atoms with Crippen LogP contribution in [-0.2, 0) is 0 Å². The molecule has 3 rings (SSSR count). The second-order valence-electron chi connectivity index (χ2n) is 4.20. The zero-order valence-electron chi connectivity index (χ0n) is 10.8. The molecule has 0 aliphatic carbocycles. The Morgan fingerprint density at radius 3 is 2.95 bits per heavy atom. The standard InChI is InChI=1S/C12H9N5O3S/c1-6-9(12(19)20)11(21-16-6)15-10(18)7-4-14-17-3-2-13-5-8(7)17/h2-5H,1H3,(H,15,18)(H,19,20). The molecule has 0 aromatic carbocycles. The number of fused-ring (bicyclic) bond motifs is 1. The van der Waals surface area contributed by atoms with E-state index in [0.717, 1.165) is 11.5 Å². The third-order valence-electron chi connectivity index (χ3n) is 2.87. The van der Waals surface area contributed by atoms with Gasteiger partial charge in [0.2, 0.25) is 0 Å². The number of aromatic carboxylic acids is 1. The Morgan fingerprint density at radius 2 is 2.19 bits per heavy atom. The Balaban J connectivity index is 1.96.